The highest BCUT2D eigenvalue weighted by molar-refractivity contribution is 9.10. The fourth-order valence-corrected chi connectivity index (χ4v) is 3.10. The van der Waals surface area contributed by atoms with E-state index in [0.29, 0.717) is 6.54 Å². The van der Waals surface area contributed by atoms with Crippen LogP contribution >= 0.6 is 15.9 Å². The molecule has 2 N–H and O–H groups in total. The van der Waals surface area contributed by atoms with Gasteiger partial charge in [0.2, 0.25) is 0 Å². The molecule has 1 aromatic carbocycles. The van der Waals surface area contributed by atoms with Crippen molar-refractivity contribution in [1.82, 2.24) is 15.5 Å². The van der Waals surface area contributed by atoms with Crippen molar-refractivity contribution in [2.45, 2.75) is 32.4 Å². The number of carbonyl (C=O) groups is 1. The van der Waals surface area contributed by atoms with Gasteiger partial charge in [-0.2, -0.15) is 0 Å². The zero-order valence-electron chi connectivity index (χ0n) is 13.2. The number of urea groups is 1. The summed E-state index contributed by atoms with van der Waals surface area (Å²) in [6.07, 6.45) is 2.03. The third-order valence-electron chi connectivity index (χ3n) is 4.05. The van der Waals surface area contributed by atoms with E-state index in [9.17, 15) is 4.79 Å². The second-order valence-electron chi connectivity index (χ2n) is 5.49. The Labute approximate surface area is 140 Å². The number of halogens is 1. The molecule has 0 aromatic heterocycles. The van der Waals surface area contributed by atoms with E-state index in [0.717, 1.165) is 48.3 Å². The summed E-state index contributed by atoms with van der Waals surface area (Å²) in [7, 11) is 1.63. The molecule has 0 atom stereocenters. The average molecular weight is 370 g/mol. The number of rotatable bonds is 5. The Morgan fingerprint density at radius 3 is 2.77 bits per heavy atom. The molecule has 0 bridgehead atoms. The number of nitrogens with one attached hydrogen (secondary N) is 2. The van der Waals surface area contributed by atoms with Crippen molar-refractivity contribution in [2.24, 2.45) is 0 Å². The molecule has 0 radical (unpaired) electrons. The van der Waals surface area contributed by atoms with Crippen LogP contribution in [0.25, 0.3) is 0 Å². The lowest BCUT2D eigenvalue weighted by Gasteiger charge is -2.31. The summed E-state index contributed by atoms with van der Waals surface area (Å²) in [4.78, 5) is 14.4. The first-order valence-electron chi connectivity index (χ1n) is 7.71. The maximum Gasteiger partial charge on any atom is 0.315 e. The van der Waals surface area contributed by atoms with Crippen LogP contribution in [0.3, 0.4) is 0 Å². The van der Waals surface area contributed by atoms with Gasteiger partial charge in [-0.3, -0.25) is 0 Å². The average Bonchev–Trinajstić information content (AvgIpc) is 2.54. The quantitative estimate of drug-likeness (QED) is 0.838. The molecule has 2 amide bonds. The Morgan fingerprint density at radius 1 is 1.41 bits per heavy atom. The fourth-order valence-electron chi connectivity index (χ4n) is 2.69. The highest BCUT2D eigenvalue weighted by Crippen LogP contribution is 2.22. The zero-order chi connectivity index (χ0) is 15.9. The molecule has 6 heteroatoms. The summed E-state index contributed by atoms with van der Waals surface area (Å²) < 4.78 is 6.28. The number of piperidine rings is 1. The number of benzene rings is 1. The smallest absolute Gasteiger partial charge is 0.315 e. The summed E-state index contributed by atoms with van der Waals surface area (Å²) in [5.74, 6) is 0.778. The molecule has 1 heterocycles. The third kappa shape index (κ3) is 4.88. The van der Waals surface area contributed by atoms with Crippen molar-refractivity contribution < 1.29 is 9.53 Å². The molecular formula is C16H24BrN3O2. The molecule has 2 rings (SSSR count). The first-order valence-corrected chi connectivity index (χ1v) is 8.50. The Bertz CT molecular complexity index is 502. The third-order valence-corrected chi connectivity index (χ3v) is 4.55. The monoisotopic (exact) mass is 369 g/mol. The standard InChI is InChI=1S/C16H24BrN3O2/c1-3-20-8-6-14(7-9-20)19-16(21)18-11-12-10-13(17)4-5-15(12)22-2/h4-5,10,14H,3,6-9,11H2,1-2H3,(H2,18,19,21). The first-order chi connectivity index (χ1) is 10.6. The summed E-state index contributed by atoms with van der Waals surface area (Å²) in [5.41, 5.74) is 0.952. The number of likely N-dealkylation sites (tertiary alicyclic amines) is 1. The molecule has 1 saturated heterocycles. The Hall–Kier alpha value is -1.27. The van der Waals surface area contributed by atoms with Crippen LogP contribution in [0.5, 0.6) is 5.75 Å². The first kappa shape index (κ1) is 17.1. The van der Waals surface area contributed by atoms with E-state index in [1.54, 1.807) is 7.11 Å². The summed E-state index contributed by atoms with van der Waals surface area (Å²) >= 11 is 3.44. The summed E-state index contributed by atoms with van der Waals surface area (Å²) in [5, 5.41) is 5.97. The van der Waals surface area contributed by atoms with Gasteiger partial charge in [0.05, 0.1) is 7.11 Å². The van der Waals surface area contributed by atoms with Gasteiger partial charge < -0.3 is 20.3 Å². The van der Waals surface area contributed by atoms with E-state index in [4.69, 9.17) is 4.74 Å². The van der Waals surface area contributed by atoms with Gasteiger partial charge in [-0.1, -0.05) is 22.9 Å². The molecule has 1 fully saturated rings. The van der Waals surface area contributed by atoms with Crippen molar-refractivity contribution in [1.29, 1.82) is 0 Å². The maximum absolute atomic E-state index is 12.0. The molecule has 1 aliphatic rings. The molecule has 0 saturated carbocycles. The van der Waals surface area contributed by atoms with Crippen LogP contribution in [0.1, 0.15) is 25.3 Å². The van der Waals surface area contributed by atoms with Gasteiger partial charge in [0.25, 0.3) is 0 Å². The second kappa shape index (κ2) is 8.39. The lowest BCUT2D eigenvalue weighted by atomic mass is 10.1. The Kier molecular flexibility index (Phi) is 6.51. The highest BCUT2D eigenvalue weighted by atomic mass is 79.9. The topological polar surface area (TPSA) is 53.6 Å². The molecule has 1 aliphatic heterocycles. The molecule has 0 unspecified atom stereocenters. The minimum absolute atomic E-state index is 0.114. The number of hydrogen-bond acceptors (Lipinski definition) is 3. The number of ether oxygens (including phenoxy) is 1. The SMILES string of the molecule is CCN1CCC(NC(=O)NCc2cc(Br)ccc2OC)CC1. The predicted molar refractivity (Wildman–Crippen MR) is 91.2 cm³/mol. The van der Waals surface area contributed by atoms with Gasteiger partial charge in [-0.25, -0.2) is 4.79 Å². The van der Waals surface area contributed by atoms with E-state index in [-0.39, 0.29) is 12.1 Å². The Morgan fingerprint density at radius 2 is 2.14 bits per heavy atom. The van der Waals surface area contributed by atoms with Crippen LogP contribution in [0.2, 0.25) is 0 Å². The zero-order valence-corrected chi connectivity index (χ0v) is 14.8. The number of nitrogens with zero attached hydrogens (tertiary/aromatic N) is 1. The molecule has 0 spiro atoms. The minimum Gasteiger partial charge on any atom is -0.496 e. The van der Waals surface area contributed by atoms with Crippen molar-refractivity contribution in [3.63, 3.8) is 0 Å². The molecule has 0 aliphatic carbocycles. The van der Waals surface area contributed by atoms with Crippen molar-refractivity contribution in [2.75, 3.05) is 26.7 Å². The second-order valence-corrected chi connectivity index (χ2v) is 6.41. The van der Waals surface area contributed by atoms with Crippen LogP contribution < -0.4 is 15.4 Å². The van der Waals surface area contributed by atoms with Crippen molar-refractivity contribution >= 4 is 22.0 Å². The van der Waals surface area contributed by atoms with Crippen LogP contribution in [-0.2, 0) is 6.54 Å². The van der Waals surface area contributed by atoms with Gasteiger partial charge in [0, 0.05) is 35.7 Å². The number of hydrogen-bond donors (Lipinski definition) is 2. The lowest BCUT2D eigenvalue weighted by Crippen LogP contribution is -2.47. The normalized spacial score (nSPS) is 16.3. The van der Waals surface area contributed by atoms with Crippen molar-refractivity contribution in [3.8, 4) is 5.75 Å². The van der Waals surface area contributed by atoms with E-state index in [1.807, 2.05) is 18.2 Å². The maximum atomic E-state index is 12.0. The number of carbonyl (C=O) groups excluding carboxylic acids is 1. The van der Waals surface area contributed by atoms with Crippen LogP contribution in [0.4, 0.5) is 4.79 Å². The summed E-state index contributed by atoms with van der Waals surface area (Å²) in [6.45, 7) is 5.82. The van der Waals surface area contributed by atoms with Gasteiger partial charge >= 0.3 is 6.03 Å². The highest BCUT2D eigenvalue weighted by Gasteiger charge is 2.19. The minimum atomic E-state index is -0.114. The largest absolute Gasteiger partial charge is 0.496 e. The van der Waals surface area contributed by atoms with Gasteiger partial charge in [0.15, 0.2) is 0 Å². The molecular weight excluding hydrogens is 346 g/mol. The van der Waals surface area contributed by atoms with E-state index >= 15 is 0 Å². The molecule has 1 aromatic rings. The predicted octanol–water partition coefficient (Wildman–Crippen LogP) is 2.74. The lowest BCUT2D eigenvalue weighted by molar-refractivity contribution is 0.198. The van der Waals surface area contributed by atoms with Crippen LogP contribution in [-0.4, -0.2) is 43.7 Å². The Balaban J connectivity index is 1.80. The van der Waals surface area contributed by atoms with E-state index in [2.05, 4.69) is 38.4 Å². The van der Waals surface area contributed by atoms with Crippen LogP contribution in [0.15, 0.2) is 22.7 Å². The molecule has 5 nitrogen and oxygen atoms in total. The van der Waals surface area contributed by atoms with Crippen molar-refractivity contribution in [3.05, 3.63) is 28.2 Å². The number of methoxy groups -OCH3 is 1. The van der Waals surface area contributed by atoms with Gasteiger partial charge in [-0.15, -0.1) is 0 Å². The fraction of sp³-hybridized carbons (Fsp3) is 0.562. The number of amides is 2. The van der Waals surface area contributed by atoms with Crippen LogP contribution in [0, 0.1) is 0 Å². The molecule has 22 heavy (non-hydrogen) atoms. The van der Waals surface area contributed by atoms with Gasteiger partial charge in [0.1, 0.15) is 5.75 Å². The molecule has 122 valence electrons. The summed E-state index contributed by atoms with van der Waals surface area (Å²) in [6, 6.07) is 5.92. The van der Waals surface area contributed by atoms with E-state index in [1.165, 1.54) is 0 Å². The van der Waals surface area contributed by atoms with E-state index < -0.39 is 0 Å². The van der Waals surface area contributed by atoms with Gasteiger partial charge in [-0.05, 0) is 37.6 Å².